The third-order valence-corrected chi connectivity index (χ3v) is 3.75. The first kappa shape index (κ1) is 17.1. The Hall–Kier alpha value is -3.78. The lowest BCUT2D eigenvalue weighted by molar-refractivity contribution is -0.115. The number of rotatable bonds is 5. The van der Waals surface area contributed by atoms with Crippen molar-refractivity contribution in [2.45, 2.75) is 0 Å². The molecule has 0 fully saturated rings. The van der Waals surface area contributed by atoms with Crippen molar-refractivity contribution in [1.82, 2.24) is 9.88 Å². The normalized spacial score (nSPS) is 9.96. The molecule has 2 N–H and O–H groups in total. The largest absolute Gasteiger partial charge is 0.343 e. The van der Waals surface area contributed by atoms with Gasteiger partial charge in [-0.1, -0.05) is 12.0 Å². The van der Waals surface area contributed by atoms with E-state index in [0.717, 1.165) is 5.69 Å². The minimum Gasteiger partial charge on any atom is -0.343 e. The maximum absolute atomic E-state index is 12.2. The lowest BCUT2D eigenvalue weighted by atomic mass is 10.2. The van der Waals surface area contributed by atoms with Crippen LogP contribution in [0.2, 0.25) is 0 Å². The first-order chi connectivity index (χ1) is 12.7. The fourth-order valence-corrected chi connectivity index (χ4v) is 2.45. The first-order valence-electron chi connectivity index (χ1n) is 8.04. The van der Waals surface area contributed by atoms with Crippen LogP contribution in [0.3, 0.4) is 0 Å². The highest BCUT2D eigenvalue weighted by Gasteiger charge is 2.09. The average Bonchev–Trinajstić information content (AvgIpc) is 3.21. The molecule has 3 aromatic rings. The number of nitrogens with one attached hydrogen (secondary N) is 2. The molecular weight excluding hydrogens is 326 g/mol. The molecule has 3 rings (SSSR count). The summed E-state index contributed by atoms with van der Waals surface area (Å²) < 4.78 is 1.94. The van der Waals surface area contributed by atoms with E-state index in [9.17, 15) is 9.59 Å². The molecule has 0 aliphatic heterocycles. The molecule has 0 unspecified atom stereocenters. The number of hydrogen-bond acceptors (Lipinski definition) is 2. The smallest absolute Gasteiger partial charge is 0.251 e. The van der Waals surface area contributed by atoms with E-state index in [0.29, 0.717) is 16.8 Å². The third-order valence-electron chi connectivity index (χ3n) is 3.75. The molecule has 0 aliphatic carbocycles. The Kier molecular flexibility index (Phi) is 5.16. The Morgan fingerprint density at radius 1 is 1.00 bits per heavy atom. The molecule has 5 heteroatoms. The van der Waals surface area contributed by atoms with E-state index in [1.807, 2.05) is 41.2 Å². The van der Waals surface area contributed by atoms with Crippen molar-refractivity contribution in [3.8, 4) is 18.0 Å². The van der Waals surface area contributed by atoms with E-state index in [1.54, 1.807) is 36.4 Å². The highest BCUT2D eigenvalue weighted by atomic mass is 16.2. The number of amides is 2. The van der Waals surface area contributed by atoms with Gasteiger partial charge in [-0.25, -0.2) is 0 Å². The van der Waals surface area contributed by atoms with Crippen LogP contribution in [0.4, 0.5) is 5.69 Å². The summed E-state index contributed by atoms with van der Waals surface area (Å²) in [6.07, 6.45) is 9.18. The van der Waals surface area contributed by atoms with Crippen LogP contribution in [-0.4, -0.2) is 22.9 Å². The molecule has 0 aliphatic rings. The second kappa shape index (κ2) is 7.86. The first-order valence-corrected chi connectivity index (χ1v) is 8.04. The molecule has 0 spiro atoms. The molecule has 0 bridgehead atoms. The van der Waals surface area contributed by atoms with E-state index in [2.05, 4.69) is 16.6 Å². The van der Waals surface area contributed by atoms with Crippen LogP contribution in [0.1, 0.15) is 15.9 Å². The molecule has 1 aromatic heterocycles. The van der Waals surface area contributed by atoms with Gasteiger partial charge in [-0.2, -0.15) is 0 Å². The summed E-state index contributed by atoms with van der Waals surface area (Å²) in [5.41, 5.74) is 2.71. The molecule has 5 nitrogen and oxygen atoms in total. The van der Waals surface area contributed by atoms with Gasteiger partial charge in [0.25, 0.3) is 5.91 Å². The minimum atomic E-state index is -0.323. The molecule has 0 radical (unpaired) electrons. The summed E-state index contributed by atoms with van der Waals surface area (Å²) in [5, 5.41) is 5.30. The number of aromatic nitrogens is 1. The predicted molar refractivity (Wildman–Crippen MR) is 101 cm³/mol. The summed E-state index contributed by atoms with van der Waals surface area (Å²) in [6, 6.07) is 18.0. The van der Waals surface area contributed by atoms with E-state index in [1.165, 1.54) is 0 Å². The van der Waals surface area contributed by atoms with Crippen LogP contribution in [-0.2, 0) is 4.79 Å². The number of hydrogen-bond donors (Lipinski definition) is 2. The lowest BCUT2D eigenvalue weighted by Gasteiger charge is -2.08. The summed E-state index contributed by atoms with van der Waals surface area (Å²) in [6.45, 7) is -0.127. The highest BCUT2D eigenvalue weighted by Crippen LogP contribution is 2.11. The topological polar surface area (TPSA) is 63.1 Å². The Morgan fingerprint density at radius 2 is 1.73 bits per heavy atom. The summed E-state index contributed by atoms with van der Waals surface area (Å²) in [7, 11) is 0. The van der Waals surface area contributed by atoms with Gasteiger partial charge in [-0.05, 0) is 54.6 Å². The molecule has 1 heterocycles. The SMILES string of the molecule is C#Cc1cccc(NC(=O)CNC(=O)c2ccc(-n3cccc3)cc2)c1. The third kappa shape index (κ3) is 4.19. The van der Waals surface area contributed by atoms with Gasteiger partial charge in [0.2, 0.25) is 5.91 Å². The zero-order chi connectivity index (χ0) is 18.4. The fraction of sp³-hybridized carbons (Fsp3) is 0.0476. The Bertz CT molecular complexity index is 952. The summed E-state index contributed by atoms with van der Waals surface area (Å²) >= 11 is 0. The predicted octanol–water partition coefficient (Wildman–Crippen LogP) is 2.83. The maximum atomic E-state index is 12.2. The van der Waals surface area contributed by atoms with Crippen molar-refractivity contribution in [3.05, 3.63) is 84.2 Å². The molecule has 0 atom stereocenters. The van der Waals surface area contributed by atoms with Crippen molar-refractivity contribution in [1.29, 1.82) is 0 Å². The van der Waals surface area contributed by atoms with E-state index < -0.39 is 0 Å². The molecule has 2 aromatic carbocycles. The highest BCUT2D eigenvalue weighted by molar-refractivity contribution is 5.99. The maximum Gasteiger partial charge on any atom is 0.251 e. The van der Waals surface area contributed by atoms with Gasteiger partial charge in [-0.3, -0.25) is 9.59 Å². The van der Waals surface area contributed by atoms with Gasteiger partial charge >= 0.3 is 0 Å². The van der Waals surface area contributed by atoms with Gasteiger partial charge in [0.05, 0.1) is 6.54 Å². The van der Waals surface area contributed by atoms with Crippen molar-refractivity contribution >= 4 is 17.5 Å². The molecular formula is C21H17N3O2. The van der Waals surface area contributed by atoms with Crippen molar-refractivity contribution in [2.75, 3.05) is 11.9 Å². The van der Waals surface area contributed by atoms with Crippen molar-refractivity contribution < 1.29 is 9.59 Å². The van der Waals surface area contributed by atoms with Crippen LogP contribution < -0.4 is 10.6 Å². The second-order valence-electron chi connectivity index (χ2n) is 5.59. The van der Waals surface area contributed by atoms with Crippen molar-refractivity contribution in [3.63, 3.8) is 0 Å². The van der Waals surface area contributed by atoms with Crippen molar-refractivity contribution in [2.24, 2.45) is 0 Å². The number of carbonyl (C=O) groups excluding carboxylic acids is 2. The van der Waals surface area contributed by atoms with E-state index in [4.69, 9.17) is 6.42 Å². The van der Waals surface area contributed by atoms with Gasteiger partial charge in [0.15, 0.2) is 0 Å². The number of benzene rings is 2. The van der Waals surface area contributed by atoms with Gasteiger partial charge in [0, 0.05) is 34.9 Å². The summed E-state index contributed by atoms with van der Waals surface area (Å²) in [4.78, 5) is 24.2. The van der Waals surface area contributed by atoms with Gasteiger partial charge in [-0.15, -0.1) is 6.42 Å². The number of nitrogens with zero attached hydrogens (tertiary/aromatic N) is 1. The molecule has 128 valence electrons. The quantitative estimate of drug-likeness (QED) is 0.700. The Labute approximate surface area is 151 Å². The van der Waals surface area contributed by atoms with Crippen LogP contribution in [0.15, 0.2) is 73.1 Å². The number of carbonyl (C=O) groups is 2. The lowest BCUT2D eigenvalue weighted by Crippen LogP contribution is -2.32. The van der Waals surface area contributed by atoms with Gasteiger partial charge in [0.1, 0.15) is 0 Å². The fourth-order valence-electron chi connectivity index (χ4n) is 2.45. The zero-order valence-electron chi connectivity index (χ0n) is 14.0. The summed E-state index contributed by atoms with van der Waals surface area (Å²) in [5.74, 6) is 1.87. The molecule has 2 amide bonds. The van der Waals surface area contributed by atoms with Gasteiger partial charge < -0.3 is 15.2 Å². The van der Waals surface area contributed by atoms with E-state index in [-0.39, 0.29) is 18.4 Å². The van der Waals surface area contributed by atoms with Crippen LogP contribution in [0.25, 0.3) is 5.69 Å². The number of terminal acetylenes is 1. The zero-order valence-corrected chi connectivity index (χ0v) is 14.0. The van der Waals surface area contributed by atoms with Crippen LogP contribution in [0, 0.1) is 12.3 Å². The van der Waals surface area contributed by atoms with Crippen LogP contribution >= 0.6 is 0 Å². The van der Waals surface area contributed by atoms with E-state index >= 15 is 0 Å². The molecule has 26 heavy (non-hydrogen) atoms. The molecule has 0 saturated carbocycles. The average molecular weight is 343 g/mol. The minimum absolute atomic E-state index is 0.127. The molecule has 0 saturated heterocycles. The Balaban J connectivity index is 1.55. The number of anilines is 1. The Morgan fingerprint density at radius 3 is 2.42 bits per heavy atom. The monoisotopic (exact) mass is 343 g/mol. The van der Waals surface area contributed by atoms with Crippen LogP contribution in [0.5, 0.6) is 0 Å². The standard InChI is InChI=1S/C21H17N3O2/c1-2-16-6-5-7-18(14-16)23-20(25)15-22-21(26)17-8-10-19(11-9-17)24-12-3-4-13-24/h1,3-14H,15H2,(H,22,26)(H,23,25). The second-order valence-corrected chi connectivity index (χ2v) is 5.59.